The zero-order valence-corrected chi connectivity index (χ0v) is 10.6. The first kappa shape index (κ1) is 11.8. The van der Waals surface area contributed by atoms with Crippen molar-refractivity contribution in [3.05, 3.63) is 59.9 Å². The van der Waals surface area contributed by atoms with E-state index in [1.54, 1.807) is 24.3 Å². The highest BCUT2D eigenvalue weighted by molar-refractivity contribution is 6.28. The zero-order valence-electron chi connectivity index (χ0n) is 9.88. The first-order valence-electron chi connectivity index (χ1n) is 5.75. The summed E-state index contributed by atoms with van der Waals surface area (Å²) in [5.74, 6) is 0.798. The number of rotatable bonds is 2. The highest BCUT2D eigenvalue weighted by atomic mass is 35.5. The van der Waals surface area contributed by atoms with Crippen LogP contribution in [-0.2, 0) is 0 Å². The molecule has 3 nitrogen and oxygen atoms in total. The Morgan fingerprint density at radius 2 is 1.58 bits per heavy atom. The second kappa shape index (κ2) is 4.78. The van der Waals surface area contributed by atoms with E-state index in [4.69, 9.17) is 16.0 Å². The lowest BCUT2D eigenvalue weighted by atomic mass is 10.1. The van der Waals surface area contributed by atoms with Gasteiger partial charge in [0.2, 0.25) is 0 Å². The average molecular weight is 272 g/mol. The maximum absolute atomic E-state index is 9.32. The summed E-state index contributed by atoms with van der Waals surface area (Å²) in [6.45, 7) is 0. The SMILES string of the molecule is Oc1ccc(-c2oc(Cl)nc2-c2ccccc2)cc1. The molecule has 1 heterocycles. The van der Waals surface area contributed by atoms with Gasteiger partial charge in [0.1, 0.15) is 11.4 Å². The lowest BCUT2D eigenvalue weighted by Crippen LogP contribution is -1.81. The van der Waals surface area contributed by atoms with Crippen molar-refractivity contribution in [2.24, 2.45) is 0 Å². The molecule has 0 atom stereocenters. The molecular formula is C15H10ClNO2. The Morgan fingerprint density at radius 1 is 0.895 bits per heavy atom. The van der Waals surface area contributed by atoms with E-state index in [9.17, 15) is 5.11 Å². The number of phenolic OH excluding ortho intramolecular Hbond substituents is 1. The Kier molecular flexibility index (Phi) is 2.97. The highest BCUT2D eigenvalue weighted by Gasteiger charge is 2.15. The van der Waals surface area contributed by atoms with Gasteiger partial charge in [-0.2, -0.15) is 4.98 Å². The van der Waals surface area contributed by atoms with Crippen LogP contribution in [0.3, 0.4) is 0 Å². The van der Waals surface area contributed by atoms with E-state index in [0.717, 1.165) is 11.1 Å². The van der Waals surface area contributed by atoms with Crippen LogP contribution in [0.4, 0.5) is 0 Å². The van der Waals surface area contributed by atoms with Crippen LogP contribution in [0.15, 0.2) is 59.0 Å². The Hall–Kier alpha value is -2.26. The summed E-state index contributed by atoms with van der Waals surface area (Å²) >= 11 is 5.87. The summed E-state index contributed by atoms with van der Waals surface area (Å²) in [5.41, 5.74) is 2.44. The predicted molar refractivity (Wildman–Crippen MR) is 74.0 cm³/mol. The Balaban J connectivity index is 2.15. The molecule has 0 radical (unpaired) electrons. The van der Waals surface area contributed by atoms with E-state index in [2.05, 4.69) is 4.98 Å². The lowest BCUT2D eigenvalue weighted by molar-refractivity contribution is 0.475. The van der Waals surface area contributed by atoms with Crippen LogP contribution in [-0.4, -0.2) is 10.1 Å². The maximum Gasteiger partial charge on any atom is 0.293 e. The van der Waals surface area contributed by atoms with Crippen LogP contribution in [0.1, 0.15) is 0 Å². The molecule has 0 saturated heterocycles. The van der Waals surface area contributed by atoms with E-state index in [-0.39, 0.29) is 11.1 Å². The van der Waals surface area contributed by atoms with Crippen molar-refractivity contribution in [3.8, 4) is 28.3 Å². The molecule has 94 valence electrons. The molecule has 0 spiro atoms. The van der Waals surface area contributed by atoms with Gasteiger partial charge in [-0.05, 0) is 35.9 Å². The fraction of sp³-hybridized carbons (Fsp3) is 0. The fourth-order valence-corrected chi connectivity index (χ4v) is 2.06. The van der Waals surface area contributed by atoms with Crippen molar-refractivity contribution in [2.45, 2.75) is 0 Å². The minimum Gasteiger partial charge on any atom is -0.508 e. The number of benzene rings is 2. The maximum atomic E-state index is 9.32. The highest BCUT2D eigenvalue weighted by Crippen LogP contribution is 2.34. The molecule has 3 aromatic rings. The van der Waals surface area contributed by atoms with Crippen molar-refractivity contribution in [1.29, 1.82) is 0 Å². The molecule has 19 heavy (non-hydrogen) atoms. The number of aromatic hydroxyl groups is 1. The van der Waals surface area contributed by atoms with Crippen molar-refractivity contribution in [1.82, 2.24) is 4.98 Å². The molecule has 0 amide bonds. The third-order valence-corrected chi connectivity index (χ3v) is 2.94. The summed E-state index contributed by atoms with van der Waals surface area (Å²) in [4.78, 5) is 4.22. The Labute approximate surface area is 115 Å². The molecular weight excluding hydrogens is 262 g/mol. The molecule has 0 saturated carbocycles. The van der Waals surface area contributed by atoms with Gasteiger partial charge in [-0.25, -0.2) is 0 Å². The van der Waals surface area contributed by atoms with Crippen LogP contribution in [0.5, 0.6) is 5.75 Å². The normalized spacial score (nSPS) is 10.6. The number of phenols is 1. The summed E-state index contributed by atoms with van der Waals surface area (Å²) in [5, 5.41) is 9.42. The van der Waals surface area contributed by atoms with Gasteiger partial charge in [-0.1, -0.05) is 30.3 Å². The van der Waals surface area contributed by atoms with E-state index in [0.29, 0.717) is 11.5 Å². The van der Waals surface area contributed by atoms with Crippen molar-refractivity contribution in [2.75, 3.05) is 0 Å². The van der Waals surface area contributed by atoms with E-state index in [1.807, 2.05) is 30.3 Å². The van der Waals surface area contributed by atoms with Crippen LogP contribution in [0, 0.1) is 0 Å². The van der Waals surface area contributed by atoms with Gasteiger partial charge < -0.3 is 9.52 Å². The third-order valence-electron chi connectivity index (χ3n) is 2.78. The average Bonchev–Trinajstić information content (AvgIpc) is 2.83. The number of oxazole rings is 1. The molecule has 0 aliphatic rings. The summed E-state index contributed by atoms with van der Waals surface area (Å²) < 4.78 is 5.47. The fourth-order valence-electron chi connectivity index (χ4n) is 1.89. The largest absolute Gasteiger partial charge is 0.508 e. The second-order valence-electron chi connectivity index (χ2n) is 4.06. The number of nitrogens with zero attached hydrogens (tertiary/aromatic N) is 1. The molecule has 1 N–H and O–H groups in total. The van der Waals surface area contributed by atoms with E-state index < -0.39 is 0 Å². The third kappa shape index (κ3) is 2.33. The smallest absolute Gasteiger partial charge is 0.293 e. The molecule has 0 unspecified atom stereocenters. The molecule has 1 aromatic heterocycles. The Bertz CT molecular complexity index is 690. The predicted octanol–water partition coefficient (Wildman–Crippen LogP) is 4.37. The molecule has 0 fully saturated rings. The van der Waals surface area contributed by atoms with Crippen LogP contribution in [0.2, 0.25) is 5.35 Å². The van der Waals surface area contributed by atoms with Gasteiger partial charge in [0.15, 0.2) is 5.76 Å². The van der Waals surface area contributed by atoms with Gasteiger partial charge in [-0.3, -0.25) is 0 Å². The number of hydrogen-bond donors (Lipinski definition) is 1. The molecule has 2 aromatic carbocycles. The van der Waals surface area contributed by atoms with Gasteiger partial charge in [0.05, 0.1) is 0 Å². The first-order chi connectivity index (χ1) is 9.24. The quantitative estimate of drug-likeness (QED) is 0.753. The molecule has 0 aliphatic carbocycles. The van der Waals surface area contributed by atoms with Gasteiger partial charge in [0, 0.05) is 11.1 Å². The number of hydrogen-bond acceptors (Lipinski definition) is 3. The molecule has 0 bridgehead atoms. The van der Waals surface area contributed by atoms with Crippen LogP contribution >= 0.6 is 11.6 Å². The van der Waals surface area contributed by atoms with E-state index >= 15 is 0 Å². The second-order valence-corrected chi connectivity index (χ2v) is 4.38. The standard InChI is InChI=1S/C15H10ClNO2/c16-15-17-13(10-4-2-1-3-5-10)14(19-15)11-6-8-12(18)9-7-11/h1-9,18H. The minimum atomic E-state index is 0.0990. The summed E-state index contributed by atoms with van der Waals surface area (Å²) in [6, 6.07) is 16.4. The van der Waals surface area contributed by atoms with E-state index in [1.165, 1.54) is 0 Å². The Morgan fingerprint density at radius 3 is 2.26 bits per heavy atom. The number of halogens is 1. The topological polar surface area (TPSA) is 46.3 Å². The van der Waals surface area contributed by atoms with Crippen molar-refractivity contribution < 1.29 is 9.52 Å². The van der Waals surface area contributed by atoms with Crippen molar-refractivity contribution >= 4 is 11.6 Å². The van der Waals surface area contributed by atoms with Gasteiger partial charge in [0.25, 0.3) is 5.35 Å². The first-order valence-corrected chi connectivity index (χ1v) is 6.13. The minimum absolute atomic E-state index is 0.0990. The number of aromatic nitrogens is 1. The molecule has 3 rings (SSSR count). The molecule has 0 aliphatic heterocycles. The monoisotopic (exact) mass is 271 g/mol. The van der Waals surface area contributed by atoms with Gasteiger partial charge >= 0.3 is 0 Å². The van der Waals surface area contributed by atoms with Crippen molar-refractivity contribution in [3.63, 3.8) is 0 Å². The molecule has 4 heteroatoms. The van der Waals surface area contributed by atoms with Gasteiger partial charge in [-0.15, -0.1) is 0 Å². The summed E-state index contributed by atoms with van der Waals surface area (Å²) in [7, 11) is 0. The van der Waals surface area contributed by atoms with Crippen LogP contribution < -0.4 is 0 Å². The lowest BCUT2D eigenvalue weighted by Gasteiger charge is -2.01. The zero-order chi connectivity index (χ0) is 13.2. The van der Waals surface area contributed by atoms with Crippen LogP contribution in [0.25, 0.3) is 22.6 Å². The summed E-state index contributed by atoms with van der Waals surface area (Å²) in [6.07, 6.45) is 0.